The van der Waals surface area contributed by atoms with Gasteiger partial charge in [-0.3, -0.25) is 4.79 Å². The van der Waals surface area contributed by atoms with Crippen LogP contribution in [-0.2, 0) is 17.4 Å². The minimum Gasteiger partial charge on any atom is -0.356 e. The quantitative estimate of drug-likeness (QED) is 0.583. The summed E-state index contributed by atoms with van der Waals surface area (Å²) in [7, 11) is 0. The van der Waals surface area contributed by atoms with E-state index in [1.165, 1.54) is 18.6 Å². The predicted octanol–water partition coefficient (Wildman–Crippen LogP) is 3.78. The Bertz CT molecular complexity index is 627. The van der Waals surface area contributed by atoms with E-state index in [2.05, 4.69) is 16.0 Å². The lowest BCUT2D eigenvalue weighted by atomic mass is 9.96. The van der Waals surface area contributed by atoms with Gasteiger partial charge in [0, 0.05) is 25.6 Å². The Balaban J connectivity index is 1.53. The summed E-state index contributed by atoms with van der Waals surface area (Å²) in [4.78, 5) is 23.6. The molecule has 5 nitrogen and oxygen atoms in total. The molecule has 0 unspecified atom stereocenters. The number of halogens is 3. The van der Waals surface area contributed by atoms with Gasteiger partial charge in [0.2, 0.25) is 5.91 Å². The molecule has 0 radical (unpaired) electrons. The summed E-state index contributed by atoms with van der Waals surface area (Å²) < 4.78 is 37.5. The molecule has 1 fully saturated rings. The van der Waals surface area contributed by atoms with Crippen LogP contribution in [0.5, 0.6) is 0 Å². The van der Waals surface area contributed by atoms with Crippen molar-refractivity contribution >= 4 is 11.9 Å². The third-order valence-electron chi connectivity index (χ3n) is 4.82. The first-order valence-electron chi connectivity index (χ1n) is 9.82. The highest BCUT2D eigenvalue weighted by atomic mass is 19.4. The van der Waals surface area contributed by atoms with Gasteiger partial charge >= 0.3 is 12.2 Å². The van der Waals surface area contributed by atoms with Crippen LogP contribution >= 0.6 is 0 Å². The van der Waals surface area contributed by atoms with E-state index in [1.807, 2.05) is 0 Å². The Kier molecular flexibility index (Phi) is 8.60. The molecule has 1 aliphatic carbocycles. The minimum absolute atomic E-state index is 0.138. The first-order valence-corrected chi connectivity index (χ1v) is 9.82. The van der Waals surface area contributed by atoms with Gasteiger partial charge in [0.1, 0.15) is 0 Å². The van der Waals surface area contributed by atoms with E-state index in [0.29, 0.717) is 25.9 Å². The molecule has 1 aromatic carbocycles. The Morgan fingerprint density at radius 2 is 1.64 bits per heavy atom. The highest BCUT2D eigenvalue weighted by Crippen LogP contribution is 2.29. The smallest absolute Gasteiger partial charge is 0.356 e. The van der Waals surface area contributed by atoms with Crippen LogP contribution < -0.4 is 16.0 Å². The van der Waals surface area contributed by atoms with Crippen LogP contribution in [0.1, 0.15) is 56.1 Å². The number of alkyl halides is 3. The standard InChI is InChI=1S/C20H28F3N3O2/c21-20(22,23)16-10-8-15(9-11-16)12-14-24-18(27)7-4-13-25-19(28)26-17-5-2-1-3-6-17/h8-11,17H,1-7,12-14H2,(H,24,27)(H2,25,26,28). The fraction of sp³-hybridized carbons (Fsp3) is 0.600. The number of hydrogen-bond acceptors (Lipinski definition) is 2. The van der Waals surface area contributed by atoms with E-state index in [9.17, 15) is 22.8 Å². The molecule has 0 atom stereocenters. The molecule has 1 aliphatic rings. The molecule has 0 bridgehead atoms. The summed E-state index contributed by atoms with van der Waals surface area (Å²) in [5, 5.41) is 8.45. The Morgan fingerprint density at radius 1 is 0.964 bits per heavy atom. The topological polar surface area (TPSA) is 70.2 Å². The zero-order chi connectivity index (χ0) is 20.4. The van der Waals surface area contributed by atoms with Crippen LogP contribution in [0.15, 0.2) is 24.3 Å². The van der Waals surface area contributed by atoms with Crippen molar-refractivity contribution in [3.05, 3.63) is 35.4 Å². The average molecular weight is 399 g/mol. The lowest BCUT2D eigenvalue weighted by Crippen LogP contribution is -2.43. The zero-order valence-electron chi connectivity index (χ0n) is 15.9. The fourth-order valence-corrected chi connectivity index (χ4v) is 3.23. The summed E-state index contributed by atoms with van der Waals surface area (Å²) in [6.07, 6.45) is 2.52. The minimum atomic E-state index is -4.34. The van der Waals surface area contributed by atoms with E-state index in [-0.39, 0.29) is 24.4 Å². The van der Waals surface area contributed by atoms with Gasteiger partial charge in [0.25, 0.3) is 0 Å². The van der Waals surface area contributed by atoms with Crippen LogP contribution in [0.4, 0.5) is 18.0 Å². The van der Waals surface area contributed by atoms with E-state index >= 15 is 0 Å². The SMILES string of the molecule is O=C(CCCNC(=O)NC1CCCCC1)NCCc1ccc(C(F)(F)F)cc1. The second-order valence-electron chi connectivity index (χ2n) is 7.13. The monoisotopic (exact) mass is 399 g/mol. The Hall–Kier alpha value is -2.25. The number of rotatable bonds is 8. The lowest BCUT2D eigenvalue weighted by Gasteiger charge is -2.22. The largest absolute Gasteiger partial charge is 0.416 e. The van der Waals surface area contributed by atoms with Gasteiger partial charge in [-0.25, -0.2) is 4.79 Å². The zero-order valence-corrected chi connectivity index (χ0v) is 15.9. The number of nitrogens with one attached hydrogen (secondary N) is 3. The van der Waals surface area contributed by atoms with Gasteiger partial charge in [-0.2, -0.15) is 13.2 Å². The molecule has 0 aromatic heterocycles. The van der Waals surface area contributed by atoms with Gasteiger partial charge in [-0.05, 0) is 43.4 Å². The summed E-state index contributed by atoms with van der Waals surface area (Å²) in [5.41, 5.74) is 0.0506. The van der Waals surface area contributed by atoms with Gasteiger partial charge in [-0.15, -0.1) is 0 Å². The summed E-state index contributed by atoms with van der Waals surface area (Å²) in [5.74, 6) is -0.138. The van der Waals surface area contributed by atoms with Crippen LogP contribution in [0.3, 0.4) is 0 Å². The molecule has 1 saturated carbocycles. The van der Waals surface area contributed by atoms with Crippen molar-refractivity contribution in [2.75, 3.05) is 13.1 Å². The van der Waals surface area contributed by atoms with Crippen molar-refractivity contribution in [2.24, 2.45) is 0 Å². The number of hydrogen-bond donors (Lipinski definition) is 3. The Labute approximate surface area is 163 Å². The van der Waals surface area contributed by atoms with Gasteiger partial charge < -0.3 is 16.0 Å². The molecule has 2 rings (SSSR count). The first kappa shape index (κ1) is 22.0. The molecule has 3 amide bonds. The molecular weight excluding hydrogens is 371 g/mol. The second-order valence-corrected chi connectivity index (χ2v) is 7.13. The van der Waals surface area contributed by atoms with E-state index in [0.717, 1.165) is 43.4 Å². The maximum Gasteiger partial charge on any atom is 0.416 e. The highest BCUT2D eigenvalue weighted by Gasteiger charge is 2.29. The van der Waals surface area contributed by atoms with Crippen LogP contribution in [0, 0.1) is 0 Å². The van der Waals surface area contributed by atoms with Gasteiger partial charge in [-0.1, -0.05) is 31.4 Å². The number of carbonyl (C=O) groups is 2. The van der Waals surface area contributed by atoms with Crippen molar-refractivity contribution < 1.29 is 22.8 Å². The molecule has 1 aromatic rings. The molecule has 3 N–H and O–H groups in total. The molecule has 8 heteroatoms. The molecule has 0 spiro atoms. The van der Waals surface area contributed by atoms with Crippen molar-refractivity contribution in [1.29, 1.82) is 0 Å². The highest BCUT2D eigenvalue weighted by molar-refractivity contribution is 5.76. The number of carbonyl (C=O) groups excluding carboxylic acids is 2. The second kappa shape index (κ2) is 10.9. The van der Waals surface area contributed by atoms with Crippen LogP contribution in [0.2, 0.25) is 0 Å². The third kappa shape index (κ3) is 8.19. The molecule has 28 heavy (non-hydrogen) atoms. The summed E-state index contributed by atoms with van der Waals surface area (Å²) in [6.45, 7) is 0.782. The molecule has 0 heterocycles. The normalized spacial score (nSPS) is 15.1. The van der Waals surface area contributed by atoms with Crippen LogP contribution in [-0.4, -0.2) is 31.1 Å². The molecule has 0 saturated heterocycles. The van der Waals surface area contributed by atoms with E-state index < -0.39 is 11.7 Å². The number of amides is 3. The first-order chi connectivity index (χ1) is 13.3. The lowest BCUT2D eigenvalue weighted by molar-refractivity contribution is -0.137. The van der Waals surface area contributed by atoms with E-state index in [4.69, 9.17) is 0 Å². The van der Waals surface area contributed by atoms with Crippen molar-refractivity contribution in [1.82, 2.24) is 16.0 Å². The fourth-order valence-electron chi connectivity index (χ4n) is 3.23. The Morgan fingerprint density at radius 3 is 2.29 bits per heavy atom. The summed E-state index contributed by atoms with van der Waals surface area (Å²) >= 11 is 0. The average Bonchev–Trinajstić information content (AvgIpc) is 2.66. The molecular formula is C20H28F3N3O2. The maximum absolute atomic E-state index is 12.5. The van der Waals surface area contributed by atoms with Crippen molar-refractivity contribution in [3.63, 3.8) is 0 Å². The van der Waals surface area contributed by atoms with Crippen molar-refractivity contribution in [3.8, 4) is 0 Å². The summed E-state index contributed by atoms with van der Waals surface area (Å²) in [6, 6.07) is 4.99. The van der Waals surface area contributed by atoms with Gasteiger partial charge in [0.05, 0.1) is 5.56 Å². The van der Waals surface area contributed by atoms with Crippen LogP contribution in [0.25, 0.3) is 0 Å². The number of benzene rings is 1. The molecule has 0 aliphatic heterocycles. The molecule has 156 valence electrons. The number of urea groups is 1. The predicted molar refractivity (Wildman–Crippen MR) is 101 cm³/mol. The van der Waals surface area contributed by atoms with E-state index in [1.54, 1.807) is 0 Å². The van der Waals surface area contributed by atoms with Gasteiger partial charge in [0.15, 0.2) is 0 Å². The maximum atomic E-state index is 12.5. The van der Waals surface area contributed by atoms with Crippen molar-refractivity contribution in [2.45, 2.75) is 63.6 Å². The third-order valence-corrected chi connectivity index (χ3v) is 4.82.